The van der Waals surface area contributed by atoms with Crippen LogP contribution in [0, 0.1) is 24.7 Å². The number of anilines is 1. The molecule has 1 fully saturated rings. The number of carboxylic acid groups (broad SMARTS) is 1. The molecule has 37 heavy (non-hydrogen) atoms. The molecule has 194 valence electrons. The maximum Gasteiger partial charge on any atom is 0.322 e. The van der Waals surface area contributed by atoms with Gasteiger partial charge in [-0.15, -0.1) is 0 Å². The fourth-order valence-corrected chi connectivity index (χ4v) is 5.38. The first-order valence-electron chi connectivity index (χ1n) is 11.9. The lowest BCUT2D eigenvalue weighted by Gasteiger charge is -2.36. The van der Waals surface area contributed by atoms with Crippen molar-refractivity contribution in [3.05, 3.63) is 65.7 Å². The quantitative estimate of drug-likeness (QED) is 0.452. The molecule has 0 unspecified atom stereocenters. The number of carbonyl (C=O) groups is 1. The molecular formula is C26H29N5O5S. The topological polar surface area (TPSA) is 129 Å². The van der Waals surface area contributed by atoms with Crippen molar-refractivity contribution in [1.29, 1.82) is 0 Å². The van der Waals surface area contributed by atoms with Crippen LogP contribution in [0.3, 0.4) is 0 Å². The number of hydrogen-bond donors (Lipinski definition) is 2. The molecule has 1 aliphatic rings. The largest absolute Gasteiger partial charge is 0.480 e. The van der Waals surface area contributed by atoms with Gasteiger partial charge in [0, 0.05) is 49.2 Å². The summed E-state index contributed by atoms with van der Waals surface area (Å²) in [7, 11) is -3.90. The minimum atomic E-state index is -3.90. The number of pyridine rings is 1. The first-order chi connectivity index (χ1) is 17.6. The van der Waals surface area contributed by atoms with Gasteiger partial charge in [0.05, 0.1) is 6.20 Å². The molecule has 11 heteroatoms. The fraction of sp³-hybridized carbons (Fsp3) is 0.346. The molecule has 1 saturated heterocycles. The third-order valence-corrected chi connectivity index (χ3v) is 7.57. The van der Waals surface area contributed by atoms with Crippen LogP contribution in [-0.2, 0) is 15.0 Å². The second-order valence-electron chi connectivity index (χ2n) is 9.07. The molecule has 0 amide bonds. The highest BCUT2D eigenvalue weighted by atomic mass is 32.2. The molecular weight excluding hydrogens is 494 g/mol. The summed E-state index contributed by atoms with van der Waals surface area (Å²) in [5.41, 5.74) is 3.22. The second-order valence-corrected chi connectivity index (χ2v) is 10.8. The summed E-state index contributed by atoms with van der Waals surface area (Å²) >= 11 is 0. The summed E-state index contributed by atoms with van der Waals surface area (Å²) in [5, 5.41) is 9.31. The van der Waals surface area contributed by atoms with Crippen molar-refractivity contribution in [2.75, 3.05) is 31.1 Å². The van der Waals surface area contributed by atoms with E-state index in [1.165, 1.54) is 4.31 Å². The zero-order valence-electron chi connectivity index (χ0n) is 20.9. The first-order valence-corrected chi connectivity index (χ1v) is 13.3. The van der Waals surface area contributed by atoms with Gasteiger partial charge in [-0.2, -0.15) is 17.4 Å². The van der Waals surface area contributed by atoms with Crippen molar-refractivity contribution >= 4 is 21.9 Å². The average Bonchev–Trinajstić information content (AvgIpc) is 3.33. The van der Waals surface area contributed by atoms with Gasteiger partial charge < -0.3 is 14.4 Å². The molecule has 1 aliphatic heterocycles. The SMILES string of the molecule is Cc1cnc(-c2cc(C#Cc3ccc(N4CCN(S(=O)(=O)N[C@@H](C(=O)O)C(C)C)CC4)cc3)ccn2)o1. The summed E-state index contributed by atoms with van der Waals surface area (Å²) in [4.78, 5) is 22.0. The van der Waals surface area contributed by atoms with E-state index >= 15 is 0 Å². The van der Waals surface area contributed by atoms with E-state index in [2.05, 4.69) is 31.4 Å². The third-order valence-electron chi connectivity index (χ3n) is 5.97. The zero-order valence-corrected chi connectivity index (χ0v) is 21.7. The van der Waals surface area contributed by atoms with Crippen molar-refractivity contribution in [3.8, 4) is 23.4 Å². The molecule has 0 bridgehead atoms. The number of carboxylic acids is 1. The normalized spacial score (nSPS) is 15.3. The Morgan fingerprint density at radius 2 is 1.73 bits per heavy atom. The van der Waals surface area contributed by atoms with Gasteiger partial charge in [0.25, 0.3) is 10.2 Å². The summed E-state index contributed by atoms with van der Waals surface area (Å²) in [5.74, 6) is 5.90. The molecule has 2 aromatic heterocycles. The standard InChI is InChI=1S/C26H29N5O5S/c1-18(2)24(26(32)33)29-37(34,35)31-14-12-30(13-15-31)22-8-6-20(7-9-22)4-5-21-10-11-27-23(16-21)25-28-17-19(3)36-25/h6-11,16-18,24,29H,12-15H2,1-3H3,(H,32,33)/t24-/m1/s1. The Morgan fingerprint density at radius 3 is 2.32 bits per heavy atom. The van der Waals surface area contributed by atoms with Gasteiger partial charge >= 0.3 is 5.97 Å². The molecule has 1 aromatic carbocycles. The summed E-state index contributed by atoms with van der Waals surface area (Å²) < 4.78 is 34.5. The monoisotopic (exact) mass is 523 g/mol. The van der Waals surface area contributed by atoms with Gasteiger partial charge in [0.1, 0.15) is 17.5 Å². The van der Waals surface area contributed by atoms with E-state index < -0.39 is 22.2 Å². The van der Waals surface area contributed by atoms with Crippen LogP contribution in [-0.4, -0.2) is 66.0 Å². The number of nitrogens with zero attached hydrogens (tertiary/aromatic N) is 4. The molecule has 3 aromatic rings. The van der Waals surface area contributed by atoms with E-state index in [1.54, 1.807) is 26.2 Å². The molecule has 0 spiro atoms. The number of aromatic nitrogens is 2. The number of rotatable bonds is 7. The molecule has 0 saturated carbocycles. The van der Waals surface area contributed by atoms with E-state index in [0.717, 1.165) is 16.8 Å². The molecule has 0 radical (unpaired) electrons. The predicted molar refractivity (Wildman–Crippen MR) is 139 cm³/mol. The highest BCUT2D eigenvalue weighted by Crippen LogP contribution is 2.20. The van der Waals surface area contributed by atoms with Crippen molar-refractivity contribution in [1.82, 2.24) is 19.0 Å². The number of hydrogen-bond acceptors (Lipinski definition) is 7. The Bertz CT molecular complexity index is 1420. The van der Waals surface area contributed by atoms with Gasteiger partial charge in [0.2, 0.25) is 5.89 Å². The molecule has 4 rings (SSSR count). The lowest BCUT2D eigenvalue weighted by atomic mass is 10.1. The minimum absolute atomic E-state index is 0.260. The van der Waals surface area contributed by atoms with E-state index in [9.17, 15) is 18.3 Å². The second kappa shape index (κ2) is 11.1. The molecule has 2 N–H and O–H groups in total. The first kappa shape index (κ1) is 26.3. The van der Waals surface area contributed by atoms with E-state index in [-0.39, 0.29) is 19.0 Å². The predicted octanol–water partition coefficient (Wildman–Crippen LogP) is 2.51. The van der Waals surface area contributed by atoms with Gasteiger partial charge in [-0.25, -0.2) is 4.98 Å². The number of aryl methyl sites for hydroxylation is 1. The lowest BCUT2D eigenvalue weighted by Crippen LogP contribution is -2.55. The highest BCUT2D eigenvalue weighted by molar-refractivity contribution is 7.87. The van der Waals surface area contributed by atoms with Crippen LogP contribution in [0.1, 0.15) is 30.7 Å². The smallest absolute Gasteiger partial charge is 0.322 e. The molecule has 0 aliphatic carbocycles. The Balaban J connectivity index is 1.37. The van der Waals surface area contributed by atoms with Crippen LogP contribution in [0.25, 0.3) is 11.6 Å². The van der Waals surface area contributed by atoms with Crippen molar-refractivity contribution in [3.63, 3.8) is 0 Å². The van der Waals surface area contributed by atoms with E-state index in [0.29, 0.717) is 30.4 Å². The highest BCUT2D eigenvalue weighted by Gasteiger charge is 2.32. The summed E-state index contributed by atoms with van der Waals surface area (Å²) in [6.45, 7) is 6.66. The number of benzene rings is 1. The van der Waals surface area contributed by atoms with Gasteiger partial charge in [-0.3, -0.25) is 9.78 Å². The Kier molecular flexibility index (Phi) is 7.92. The van der Waals surface area contributed by atoms with Crippen LogP contribution in [0.5, 0.6) is 0 Å². The third kappa shape index (κ3) is 6.54. The number of oxazole rings is 1. The van der Waals surface area contributed by atoms with Crippen LogP contribution in [0.2, 0.25) is 0 Å². The van der Waals surface area contributed by atoms with Gasteiger partial charge in [-0.1, -0.05) is 25.7 Å². The average molecular weight is 524 g/mol. The number of nitrogens with one attached hydrogen (secondary N) is 1. The summed E-state index contributed by atoms with van der Waals surface area (Å²) in [6, 6.07) is 10.2. The zero-order chi connectivity index (χ0) is 26.6. The van der Waals surface area contributed by atoms with Crippen LogP contribution >= 0.6 is 0 Å². The van der Waals surface area contributed by atoms with Gasteiger partial charge in [0.15, 0.2) is 0 Å². The Hall–Kier alpha value is -3.72. The molecule has 10 nitrogen and oxygen atoms in total. The van der Waals surface area contributed by atoms with Crippen molar-refractivity contribution in [2.45, 2.75) is 26.8 Å². The molecule has 1 atom stereocenters. The fourth-order valence-electron chi connectivity index (χ4n) is 3.89. The Labute approximate surface area is 216 Å². The maximum absolute atomic E-state index is 12.7. The van der Waals surface area contributed by atoms with E-state index in [1.807, 2.05) is 43.3 Å². The molecule has 3 heterocycles. The lowest BCUT2D eigenvalue weighted by molar-refractivity contribution is -0.140. The van der Waals surface area contributed by atoms with E-state index in [4.69, 9.17) is 4.42 Å². The van der Waals surface area contributed by atoms with Crippen molar-refractivity contribution < 1.29 is 22.7 Å². The minimum Gasteiger partial charge on any atom is -0.480 e. The van der Waals surface area contributed by atoms with Crippen LogP contribution in [0.15, 0.2) is 53.2 Å². The maximum atomic E-state index is 12.7. The Morgan fingerprint density at radius 1 is 1.05 bits per heavy atom. The number of piperazine rings is 1. The van der Waals surface area contributed by atoms with Crippen molar-refractivity contribution in [2.24, 2.45) is 5.92 Å². The number of aliphatic carboxylic acids is 1. The van der Waals surface area contributed by atoms with Crippen LogP contribution in [0.4, 0.5) is 5.69 Å². The van der Waals surface area contributed by atoms with Crippen LogP contribution < -0.4 is 9.62 Å². The summed E-state index contributed by atoms with van der Waals surface area (Å²) in [6.07, 6.45) is 3.32. The van der Waals surface area contributed by atoms with Gasteiger partial charge in [-0.05, 0) is 49.2 Å².